The fourth-order valence-electron chi connectivity index (χ4n) is 2.83. The van der Waals surface area contributed by atoms with Crippen LogP contribution in [-0.4, -0.2) is 24.0 Å². The van der Waals surface area contributed by atoms with E-state index in [-0.39, 0.29) is 0 Å². The van der Waals surface area contributed by atoms with Gasteiger partial charge < -0.3 is 5.73 Å². The molecule has 2 N–H and O–H groups in total. The summed E-state index contributed by atoms with van der Waals surface area (Å²) in [6.45, 7) is 4.52. The Bertz CT molecular complexity index is 323. The summed E-state index contributed by atoms with van der Waals surface area (Å²) in [5.74, 6) is 0. The molecule has 2 nitrogen and oxygen atoms in total. The third-order valence-electron chi connectivity index (χ3n) is 3.68. The van der Waals surface area contributed by atoms with E-state index < -0.39 is 0 Å². The Morgan fingerprint density at radius 1 is 1.35 bits per heavy atom. The van der Waals surface area contributed by atoms with E-state index in [9.17, 15) is 0 Å². The van der Waals surface area contributed by atoms with Crippen LogP contribution in [0.25, 0.3) is 0 Å². The molecule has 0 amide bonds. The molecule has 2 heteroatoms. The van der Waals surface area contributed by atoms with Gasteiger partial charge in [-0.15, -0.1) is 0 Å². The predicted octanol–water partition coefficient (Wildman–Crippen LogP) is 2.95. The SMILES string of the molecule is CCCC(c1ccccc1)N1CCCC(N)C1. The van der Waals surface area contributed by atoms with Crippen molar-refractivity contribution in [3.8, 4) is 0 Å². The zero-order chi connectivity index (χ0) is 12.1. The van der Waals surface area contributed by atoms with Crippen molar-refractivity contribution in [2.75, 3.05) is 13.1 Å². The second-order valence-corrected chi connectivity index (χ2v) is 5.11. The Hall–Kier alpha value is -0.860. The average Bonchev–Trinajstić information content (AvgIpc) is 2.37. The van der Waals surface area contributed by atoms with Crippen molar-refractivity contribution in [3.05, 3.63) is 35.9 Å². The Morgan fingerprint density at radius 2 is 2.12 bits per heavy atom. The minimum Gasteiger partial charge on any atom is -0.327 e. The molecular weight excluding hydrogens is 208 g/mol. The van der Waals surface area contributed by atoms with Gasteiger partial charge in [0.1, 0.15) is 0 Å². The molecule has 1 heterocycles. The van der Waals surface area contributed by atoms with Gasteiger partial charge in [-0.05, 0) is 31.4 Å². The second kappa shape index (κ2) is 6.18. The van der Waals surface area contributed by atoms with Crippen LogP contribution in [0.1, 0.15) is 44.2 Å². The van der Waals surface area contributed by atoms with Crippen molar-refractivity contribution in [1.82, 2.24) is 4.90 Å². The molecule has 0 saturated carbocycles. The maximum atomic E-state index is 6.10. The number of hydrogen-bond acceptors (Lipinski definition) is 2. The smallest absolute Gasteiger partial charge is 0.0348 e. The van der Waals surface area contributed by atoms with E-state index >= 15 is 0 Å². The maximum absolute atomic E-state index is 6.10. The molecule has 2 atom stereocenters. The van der Waals surface area contributed by atoms with Crippen LogP contribution in [0.5, 0.6) is 0 Å². The molecule has 0 radical (unpaired) electrons. The molecule has 1 aliphatic heterocycles. The fourth-order valence-corrected chi connectivity index (χ4v) is 2.83. The monoisotopic (exact) mass is 232 g/mol. The topological polar surface area (TPSA) is 29.3 Å². The first kappa shape index (κ1) is 12.6. The van der Waals surface area contributed by atoms with E-state index in [2.05, 4.69) is 42.2 Å². The summed E-state index contributed by atoms with van der Waals surface area (Å²) in [5.41, 5.74) is 7.54. The molecule has 94 valence electrons. The van der Waals surface area contributed by atoms with Gasteiger partial charge in [0.2, 0.25) is 0 Å². The van der Waals surface area contributed by atoms with Crippen molar-refractivity contribution in [2.24, 2.45) is 5.73 Å². The molecular formula is C15H24N2. The average molecular weight is 232 g/mol. The van der Waals surface area contributed by atoms with Crippen molar-refractivity contribution in [3.63, 3.8) is 0 Å². The largest absolute Gasteiger partial charge is 0.327 e. The minimum absolute atomic E-state index is 0.367. The van der Waals surface area contributed by atoms with Crippen LogP contribution in [-0.2, 0) is 0 Å². The predicted molar refractivity (Wildman–Crippen MR) is 72.9 cm³/mol. The molecule has 1 aromatic rings. The first-order chi connectivity index (χ1) is 8.31. The number of benzene rings is 1. The van der Waals surface area contributed by atoms with Gasteiger partial charge in [-0.3, -0.25) is 4.90 Å². The van der Waals surface area contributed by atoms with Crippen LogP contribution < -0.4 is 5.73 Å². The zero-order valence-electron chi connectivity index (χ0n) is 10.8. The Balaban J connectivity index is 2.11. The lowest BCUT2D eigenvalue weighted by Crippen LogP contribution is -2.44. The molecule has 0 bridgehead atoms. The van der Waals surface area contributed by atoms with E-state index in [0.717, 1.165) is 6.54 Å². The van der Waals surface area contributed by atoms with E-state index in [1.165, 1.54) is 37.8 Å². The first-order valence-electron chi connectivity index (χ1n) is 6.86. The zero-order valence-corrected chi connectivity index (χ0v) is 10.8. The van der Waals surface area contributed by atoms with Gasteiger partial charge >= 0.3 is 0 Å². The fraction of sp³-hybridized carbons (Fsp3) is 0.600. The molecule has 17 heavy (non-hydrogen) atoms. The minimum atomic E-state index is 0.367. The van der Waals surface area contributed by atoms with Crippen molar-refractivity contribution >= 4 is 0 Å². The van der Waals surface area contributed by atoms with E-state index in [0.29, 0.717) is 12.1 Å². The van der Waals surface area contributed by atoms with E-state index in [1.54, 1.807) is 0 Å². The number of piperidine rings is 1. The van der Waals surface area contributed by atoms with Gasteiger partial charge in [-0.1, -0.05) is 43.7 Å². The van der Waals surface area contributed by atoms with Crippen LogP contribution in [0.15, 0.2) is 30.3 Å². The lowest BCUT2D eigenvalue weighted by Gasteiger charge is -2.37. The van der Waals surface area contributed by atoms with E-state index in [1.807, 2.05) is 0 Å². The van der Waals surface area contributed by atoms with Gasteiger partial charge in [-0.25, -0.2) is 0 Å². The van der Waals surface area contributed by atoms with Crippen LogP contribution in [0.3, 0.4) is 0 Å². The molecule has 2 unspecified atom stereocenters. The molecule has 1 saturated heterocycles. The second-order valence-electron chi connectivity index (χ2n) is 5.11. The molecule has 0 aromatic heterocycles. The molecule has 0 aliphatic carbocycles. The summed E-state index contributed by atoms with van der Waals surface area (Å²) in [6.07, 6.45) is 4.89. The number of rotatable bonds is 4. The molecule has 1 aromatic carbocycles. The van der Waals surface area contributed by atoms with Crippen LogP contribution in [0.4, 0.5) is 0 Å². The van der Waals surface area contributed by atoms with Gasteiger partial charge in [-0.2, -0.15) is 0 Å². The summed E-state index contributed by atoms with van der Waals surface area (Å²) in [4.78, 5) is 2.58. The quantitative estimate of drug-likeness (QED) is 0.865. The molecule has 0 spiro atoms. The Labute approximate surface area is 105 Å². The molecule has 1 aliphatic rings. The lowest BCUT2D eigenvalue weighted by molar-refractivity contribution is 0.141. The maximum Gasteiger partial charge on any atom is 0.0348 e. The highest BCUT2D eigenvalue weighted by Gasteiger charge is 2.24. The Morgan fingerprint density at radius 3 is 2.76 bits per heavy atom. The van der Waals surface area contributed by atoms with Crippen molar-refractivity contribution in [1.29, 1.82) is 0 Å². The highest BCUT2D eigenvalue weighted by atomic mass is 15.2. The highest BCUT2D eigenvalue weighted by molar-refractivity contribution is 5.19. The number of nitrogens with two attached hydrogens (primary N) is 1. The van der Waals surface area contributed by atoms with E-state index in [4.69, 9.17) is 5.73 Å². The van der Waals surface area contributed by atoms with Gasteiger partial charge in [0, 0.05) is 18.6 Å². The van der Waals surface area contributed by atoms with Gasteiger partial charge in [0.25, 0.3) is 0 Å². The van der Waals surface area contributed by atoms with Crippen LogP contribution in [0, 0.1) is 0 Å². The van der Waals surface area contributed by atoms with Crippen molar-refractivity contribution < 1.29 is 0 Å². The normalized spacial score (nSPS) is 23.5. The number of likely N-dealkylation sites (tertiary alicyclic amines) is 1. The molecule has 2 rings (SSSR count). The third kappa shape index (κ3) is 3.30. The number of hydrogen-bond donors (Lipinski definition) is 1. The summed E-state index contributed by atoms with van der Waals surface area (Å²) in [7, 11) is 0. The lowest BCUT2D eigenvalue weighted by atomic mass is 9.97. The van der Waals surface area contributed by atoms with Gasteiger partial charge in [0.15, 0.2) is 0 Å². The summed E-state index contributed by atoms with van der Waals surface area (Å²) in [5, 5.41) is 0. The van der Waals surface area contributed by atoms with Crippen LogP contribution >= 0.6 is 0 Å². The van der Waals surface area contributed by atoms with Gasteiger partial charge in [0.05, 0.1) is 0 Å². The third-order valence-corrected chi connectivity index (χ3v) is 3.68. The molecule has 1 fully saturated rings. The standard InChI is InChI=1S/C15H24N2/c1-2-7-15(13-8-4-3-5-9-13)17-11-6-10-14(16)12-17/h3-5,8-9,14-15H,2,6-7,10-12,16H2,1H3. The highest BCUT2D eigenvalue weighted by Crippen LogP contribution is 2.28. The summed E-state index contributed by atoms with van der Waals surface area (Å²) in [6, 6.07) is 11.8. The van der Waals surface area contributed by atoms with Crippen molar-refractivity contribution in [2.45, 2.75) is 44.7 Å². The number of nitrogens with zero attached hydrogens (tertiary/aromatic N) is 1. The summed E-state index contributed by atoms with van der Waals surface area (Å²) < 4.78 is 0. The summed E-state index contributed by atoms with van der Waals surface area (Å²) >= 11 is 0. The Kier molecular flexibility index (Phi) is 4.57. The van der Waals surface area contributed by atoms with Crippen LogP contribution in [0.2, 0.25) is 0 Å². The first-order valence-corrected chi connectivity index (χ1v) is 6.86.